The summed E-state index contributed by atoms with van der Waals surface area (Å²) in [5.41, 5.74) is 1.56. The molecule has 1 aromatic carbocycles. The molecule has 0 aliphatic heterocycles. The maximum atomic E-state index is 12.9. The van der Waals surface area contributed by atoms with Gasteiger partial charge in [-0.1, -0.05) is 11.6 Å². The Kier molecular flexibility index (Phi) is 6.41. The van der Waals surface area contributed by atoms with Crippen LogP contribution in [-0.4, -0.2) is 42.0 Å². The van der Waals surface area contributed by atoms with E-state index in [2.05, 4.69) is 15.6 Å². The summed E-state index contributed by atoms with van der Waals surface area (Å²) in [7, 11) is 5.43. The molecule has 2 rings (SSSR count). The van der Waals surface area contributed by atoms with E-state index < -0.39 is 0 Å². The number of benzene rings is 1. The Labute approximate surface area is 151 Å². The molecule has 0 saturated heterocycles. The zero-order valence-corrected chi connectivity index (χ0v) is 15.1. The van der Waals surface area contributed by atoms with Gasteiger partial charge in [0.2, 0.25) is 5.91 Å². The Morgan fingerprint density at radius 1 is 1.36 bits per heavy atom. The van der Waals surface area contributed by atoms with E-state index in [0.717, 1.165) is 5.69 Å². The minimum atomic E-state index is -0.348. The molecule has 0 unspecified atom stereocenters. The van der Waals surface area contributed by atoms with Crippen molar-refractivity contribution in [2.24, 2.45) is 12.0 Å². The minimum Gasteiger partial charge on any atom is -0.351 e. The van der Waals surface area contributed by atoms with E-state index in [9.17, 15) is 9.18 Å². The van der Waals surface area contributed by atoms with Crippen molar-refractivity contribution < 1.29 is 9.18 Å². The highest BCUT2D eigenvalue weighted by molar-refractivity contribution is 6.30. The summed E-state index contributed by atoms with van der Waals surface area (Å²) in [6, 6.07) is 7.48. The van der Waals surface area contributed by atoms with Gasteiger partial charge in [-0.3, -0.25) is 9.79 Å². The molecule has 8 heteroatoms. The second kappa shape index (κ2) is 8.53. The van der Waals surface area contributed by atoms with Crippen molar-refractivity contribution in [1.82, 2.24) is 14.8 Å². The van der Waals surface area contributed by atoms with E-state index >= 15 is 0 Å². The quantitative estimate of drug-likeness (QED) is 0.632. The zero-order valence-electron chi connectivity index (χ0n) is 14.4. The van der Waals surface area contributed by atoms with Gasteiger partial charge in [-0.05, 0) is 30.3 Å². The first-order valence-electron chi connectivity index (χ1n) is 7.67. The fourth-order valence-corrected chi connectivity index (χ4v) is 2.60. The molecule has 1 heterocycles. The molecule has 2 N–H and O–H groups in total. The molecular weight excluding hydrogens is 345 g/mol. The molecule has 1 aromatic heterocycles. The third-order valence-corrected chi connectivity index (χ3v) is 3.79. The monoisotopic (exact) mass is 365 g/mol. The Bertz CT molecular complexity index is 757. The highest BCUT2D eigenvalue weighted by Crippen LogP contribution is 2.14. The maximum Gasteiger partial charge on any atom is 0.243 e. The lowest BCUT2D eigenvalue weighted by molar-refractivity contribution is -0.115. The average molecular weight is 366 g/mol. The van der Waals surface area contributed by atoms with Crippen LogP contribution in [0.25, 0.3) is 0 Å². The normalized spacial score (nSPS) is 11.3. The summed E-state index contributed by atoms with van der Waals surface area (Å²) in [5.74, 6) is -0.0198. The highest BCUT2D eigenvalue weighted by atomic mass is 35.5. The van der Waals surface area contributed by atoms with Gasteiger partial charge in [-0.25, -0.2) is 4.39 Å². The average Bonchev–Trinajstić information content (AvgIpc) is 2.87. The fourth-order valence-electron chi connectivity index (χ4n) is 2.32. The largest absolute Gasteiger partial charge is 0.351 e. The van der Waals surface area contributed by atoms with Gasteiger partial charge in [0.1, 0.15) is 5.82 Å². The summed E-state index contributed by atoms with van der Waals surface area (Å²) in [6.07, 6.45) is 1.83. The van der Waals surface area contributed by atoms with Crippen LogP contribution in [0.15, 0.2) is 41.5 Å². The Morgan fingerprint density at radius 3 is 2.60 bits per heavy atom. The first kappa shape index (κ1) is 18.8. The first-order chi connectivity index (χ1) is 11.9. The summed E-state index contributed by atoms with van der Waals surface area (Å²) in [6.45, 7) is 0.630. The van der Waals surface area contributed by atoms with Gasteiger partial charge in [0, 0.05) is 38.7 Å². The third-order valence-electron chi connectivity index (χ3n) is 3.58. The number of rotatable bonds is 5. The lowest BCUT2D eigenvalue weighted by Gasteiger charge is -2.22. The SMILES string of the molecule is CN=C(NCC(=O)Nc1ccc(F)cc1)N(C)Cc1cc(Cl)cn1C. The molecule has 25 heavy (non-hydrogen) atoms. The lowest BCUT2D eigenvalue weighted by Crippen LogP contribution is -2.42. The van der Waals surface area contributed by atoms with Crippen molar-refractivity contribution in [3.8, 4) is 0 Å². The molecule has 0 bridgehead atoms. The van der Waals surface area contributed by atoms with Crippen molar-refractivity contribution >= 4 is 29.2 Å². The summed E-state index contributed by atoms with van der Waals surface area (Å²) in [4.78, 5) is 18.1. The van der Waals surface area contributed by atoms with E-state index in [1.165, 1.54) is 24.3 Å². The molecule has 1 amide bonds. The van der Waals surface area contributed by atoms with Gasteiger partial charge < -0.3 is 20.1 Å². The number of hydrogen-bond acceptors (Lipinski definition) is 2. The number of anilines is 1. The number of hydrogen-bond donors (Lipinski definition) is 2. The lowest BCUT2D eigenvalue weighted by atomic mass is 10.3. The molecule has 0 fully saturated rings. The van der Waals surface area contributed by atoms with E-state index in [4.69, 9.17) is 11.6 Å². The van der Waals surface area contributed by atoms with Crippen molar-refractivity contribution in [2.75, 3.05) is 26.0 Å². The summed E-state index contributed by atoms with van der Waals surface area (Å²) < 4.78 is 14.8. The Hall–Kier alpha value is -2.54. The van der Waals surface area contributed by atoms with Crippen LogP contribution in [0.1, 0.15) is 5.69 Å². The second-order valence-electron chi connectivity index (χ2n) is 5.57. The second-order valence-corrected chi connectivity index (χ2v) is 6.01. The van der Waals surface area contributed by atoms with Crippen LogP contribution in [0.4, 0.5) is 10.1 Å². The molecule has 134 valence electrons. The van der Waals surface area contributed by atoms with Crippen molar-refractivity contribution in [3.63, 3.8) is 0 Å². The van der Waals surface area contributed by atoms with Gasteiger partial charge >= 0.3 is 0 Å². The van der Waals surface area contributed by atoms with Crippen LogP contribution < -0.4 is 10.6 Å². The standard InChI is InChI=1S/C17H21ClFN5O/c1-20-17(24(3)11-15-8-12(18)10-23(15)2)21-9-16(25)22-14-6-4-13(19)5-7-14/h4-8,10H,9,11H2,1-3H3,(H,20,21)(H,22,25). The number of nitrogens with zero attached hydrogens (tertiary/aromatic N) is 3. The highest BCUT2D eigenvalue weighted by Gasteiger charge is 2.11. The Morgan fingerprint density at radius 2 is 2.04 bits per heavy atom. The van der Waals surface area contributed by atoms with Crippen LogP contribution in [0.2, 0.25) is 5.02 Å². The predicted molar refractivity (Wildman–Crippen MR) is 98.3 cm³/mol. The molecule has 0 aliphatic carbocycles. The number of carbonyl (C=O) groups excluding carboxylic acids is 1. The predicted octanol–water partition coefficient (Wildman–Crippen LogP) is 2.46. The summed E-state index contributed by atoms with van der Waals surface area (Å²) >= 11 is 5.99. The Balaban J connectivity index is 1.87. The molecule has 6 nitrogen and oxygen atoms in total. The molecule has 0 aliphatic rings. The zero-order chi connectivity index (χ0) is 18.4. The van der Waals surface area contributed by atoms with E-state index in [1.54, 1.807) is 7.05 Å². The maximum absolute atomic E-state index is 12.9. The van der Waals surface area contributed by atoms with Gasteiger partial charge in [0.05, 0.1) is 18.1 Å². The number of halogens is 2. The topological polar surface area (TPSA) is 61.7 Å². The molecule has 0 radical (unpaired) electrons. The van der Waals surface area contributed by atoms with Crippen molar-refractivity contribution in [1.29, 1.82) is 0 Å². The minimum absolute atomic E-state index is 0.0439. The van der Waals surface area contributed by atoms with Gasteiger partial charge in [-0.15, -0.1) is 0 Å². The summed E-state index contributed by atoms with van der Waals surface area (Å²) in [5, 5.41) is 6.35. The number of carbonyl (C=O) groups is 1. The van der Waals surface area contributed by atoms with Crippen molar-refractivity contribution in [2.45, 2.75) is 6.54 Å². The number of nitrogens with one attached hydrogen (secondary N) is 2. The first-order valence-corrected chi connectivity index (χ1v) is 8.04. The number of aliphatic imine (C=N–C) groups is 1. The van der Waals surface area contributed by atoms with Gasteiger partial charge in [-0.2, -0.15) is 0 Å². The molecule has 0 spiro atoms. The fraction of sp³-hybridized carbons (Fsp3) is 0.294. The van der Waals surface area contributed by atoms with Crippen LogP contribution in [-0.2, 0) is 18.4 Å². The van der Waals surface area contributed by atoms with Crippen molar-refractivity contribution in [3.05, 3.63) is 53.1 Å². The smallest absolute Gasteiger partial charge is 0.243 e. The van der Waals surface area contributed by atoms with E-state index in [1.807, 2.05) is 35.8 Å². The van der Waals surface area contributed by atoms with Crippen LogP contribution >= 0.6 is 11.6 Å². The van der Waals surface area contributed by atoms with Crippen LogP contribution in [0.3, 0.4) is 0 Å². The third kappa shape index (κ3) is 5.49. The number of guanidine groups is 1. The molecule has 2 aromatic rings. The van der Waals surface area contributed by atoms with Crippen LogP contribution in [0, 0.1) is 5.82 Å². The van der Waals surface area contributed by atoms with E-state index in [-0.39, 0.29) is 18.3 Å². The molecule has 0 saturated carbocycles. The number of aryl methyl sites for hydroxylation is 1. The molecule has 0 atom stereocenters. The van der Waals surface area contributed by atoms with Gasteiger partial charge in [0.25, 0.3) is 0 Å². The van der Waals surface area contributed by atoms with Gasteiger partial charge in [0.15, 0.2) is 5.96 Å². The molecular formula is C17H21ClFN5O. The van der Waals surface area contributed by atoms with Crippen LogP contribution in [0.5, 0.6) is 0 Å². The number of amides is 1. The number of aromatic nitrogens is 1. The van der Waals surface area contributed by atoms with E-state index in [0.29, 0.717) is 23.2 Å².